The zero-order valence-corrected chi connectivity index (χ0v) is 28.1. The van der Waals surface area contributed by atoms with Gasteiger partial charge in [-0.25, -0.2) is 4.79 Å². The first-order valence-electron chi connectivity index (χ1n) is 16.5. The van der Waals surface area contributed by atoms with E-state index in [0.717, 1.165) is 35.1 Å². The zero-order valence-electron chi connectivity index (χ0n) is 28.1. The Morgan fingerprint density at radius 3 is 2.42 bits per heavy atom. The maximum absolute atomic E-state index is 14.4. The van der Waals surface area contributed by atoms with Crippen LogP contribution in [0.2, 0.25) is 0 Å². The van der Waals surface area contributed by atoms with Gasteiger partial charge in [-0.1, -0.05) is 54.1 Å². The van der Waals surface area contributed by atoms with E-state index in [0.29, 0.717) is 36.3 Å². The number of hydrogen-bond donors (Lipinski definition) is 3. The third-order valence-electron chi connectivity index (χ3n) is 9.03. The number of benzene rings is 3. The number of nitrogens with zero attached hydrogens (tertiary/aromatic N) is 3. The fraction of sp³-hybridized carbons (Fsp3) is 0.368. The second-order valence-electron chi connectivity index (χ2n) is 13.9. The van der Waals surface area contributed by atoms with Crippen molar-refractivity contribution in [3.63, 3.8) is 0 Å². The number of carbonyl (C=O) groups is 3. The minimum absolute atomic E-state index is 0.153. The predicted octanol–water partition coefficient (Wildman–Crippen LogP) is 6.54. The summed E-state index contributed by atoms with van der Waals surface area (Å²) >= 11 is 0. The summed E-state index contributed by atoms with van der Waals surface area (Å²) in [5.74, 6) is -0.607. The molecule has 10 heteroatoms. The van der Waals surface area contributed by atoms with Gasteiger partial charge in [-0.2, -0.15) is 5.10 Å². The molecular weight excluding hydrogens is 606 g/mol. The van der Waals surface area contributed by atoms with Crippen molar-refractivity contribution in [3.05, 3.63) is 90.1 Å². The van der Waals surface area contributed by atoms with Gasteiger partial charge in [0, 0.05) is 42.5 Å². The van der Waals surface area contributed by atoms with Gasteiger partial charge >= 0.3 is 6.09 Å². The Labute approximate surface area is 281 Å². The molecule has 48 heavy (non-hydrogen) atoms. The lowest BCUT2D eigenvalue weighted by Gasteiger charge is -2.37. The second kappa shape index (κ2) is 12.8. The number of aromatic hydroxyl groups is 1. The summed E-state index contributed by atoms with van der Waals surface area (Å²) in [4.78, 5) is 42.8. The van der Waals surface area contributed by atoms with Gasteiger partial charge in [-0.05, 0) is 88.8 Å². The van der Waals surface area contributed by atoms with Crippen LogP contribution in [0.15, 0.2) is 79.0 Å². The highest BCUT2D eigenvalue weighted by atomic mass is 16.6. The van der Waals surface area contributed by atoms with E-state index in [4.69, 9.17) is 4.74 Å². The van der Waals surface area contributed by atoms with Gasteiger partial charge in [0.1, 0.15) is 28.6 Å². The Balaban J connectivity index is 1.21. The molecule has 6 rings (SSSR count). The molecule has 0 spiro atoms. The molecule has 3 aromatic carbocycles. The number of alkyl carbamates (subject to hydrolysis) is 1. The van der Waals surface area contributed by atoms with E-state index in [-0.39, 0.29) is 23.5 Å². The van der Waals surface area contributed by atoms with Gasteiger partial charge in [0.2, 0.25) is 11.8 Å². The second-order valence-corrected chi connectivity index (χ2v) is 13.9. The van der Waals surface area contributed by atoms with E-state index in [1.807, 2.05) is 86.9 Å². The number of aromatic nitrogens is 2. The van der Waals surface area contributed by atoms with Crippen molar-refractivity contribution >= 4 is 23.6 Å². The third-order valence-corrected chi connectivity index (χ3v) is 9.03. The van der Waals surface area contributed by atoms with Gasteiger partial charge in [0.15, 0.2) is 0 Å². The van der Waals surface area contributed by atoms with E-state index >= 15 is 0 Å². The molecule has 250 valence electrons. The molecule has 1 saturated carbocycles. The Morgan fingerprint density at radius 1 is 0.979 bits per heavy atom. The van der Waals surface area contributed by atoms with E-state index in [1.54, 1.807) is 36.4 Å². The van der Waals surface area contributed by atoms with Crippen LogP contribution in [-0.4, -0.2) is 61.4 Å². The molecule has 3 amide bonds. The highest BCUT2D eigenvalue weighted by Gasteiger charge is 2.64. The van der Waals surface area contributed by atoms with Crippen LogP contribution >= 0.6 is 0 Å². The molecule has 2 heterocycles. The molecule has 2 fully saturated rings. The van der Waals surface area contributed by atoms with E-state index in [2.05, 4.69) is 15.7 Å². The van der Waals surface area contributed by atoms with Gasteiger partial charge in [-0.3, -0.25) is 14.3 Å². The van der Waals surface area contributed by atoms with Crippen LogP contribution in [0.1, 0.15) is 63.5 Å². The Hall–Kier alpha value is -5.12. The Bertz CT molecular complexity index is 1830. The number of phenolic OH excluding ortho intramolecular Hbond substituents is 1. The van der Waals surface area contributed by atoms with Crippen molar-refractivity contribution in [2.75, 3.05) is 11.9 Å². The van der Waals surface area contributed by atoms with Crippen LogP contribution < -0.4 is 10.6 Å². The van der Waals surface area contributed by atoms with E-state index < -0.39 is 23.3 Å². The molecular formula is C38H43N5O5. The highest BCUT2D eigenvalue weighted by molar-refractivity contribution is 6.01. The number of nitrogens with one attached hydrogen (secondary N) is 2. The number of piperidine rings is 1. The van der Waals surface area contributed by atoms with Crippen LogP contribution in [0.3, 0.4) is 0 Å². The normalized spacial score (nSPS) is 20.6. The number of likely N-dealkylation sites (tertiary alicyclic amines) is 1. The summed E-state index contributed by atoms with van der Waals surface area (Å²) in [5, 5.41) is 21.1. The number of hydrogen-bond acceptors (Lipinski definition) is 6. The number of ether oxygens (including phenoxy) is 1. The van der Waals surface area contributed by atoms with Gasteiger partial charge in [0.05, 0.1) is 0 Å². The largest absolute Gasteiger partial charge is 0.507 e. The zero-order chi connectivity index (χ0) is 34.2. The Morgan fingerprint density at radius 2 is 1.71 bits per heavy atom. The summed E-state index contributed by atoms with van der Waals surface area (Å²) in [7, 11) is 1.84. The summed E-state index contributed by atoms with van der Waals surface area (Å²) < 4.78 is 7.27. The van der Waals surface area contributed by atoms with Crippen LogP contribution in [0.4, 0.5) is 10.5 Å². The van der Waals surface area contributed by atoms with Crippen LogP contribution in [0.25, 0.3) is 22.4 Å². The number of carbonyl (C=O) groups excluding carboxylic acids is 3. The lowest BCUT2D eigenvalue weighted by Crippen LogP contribution is -2.58. The molecule has 1 aliphatic carbocycles. The van der Waals surface area contributed by atoms with E-state index in [9.17, 15) is 19.5 Å². The van der Waals surface area contributed by atoms with Crippen LogP contribution in [0.5, 0.6) is 5.75 Å². The lowest BCUT2D eigenvalue weighted by atomic mass is 9.97. The van der Waals surface area contributed by atoms with Crippen molar-refractivity contribution < 1.29 is 24.2 Å². The fourth-order valence-corrected chi connectivity index (χ4v) is 6.66. The van der Waals surface area contributed by atoms with Crippen molar-refractivity contribution in [1.29, 1.82) is 0 Å². The number of rotatable bonds is 7. The van der Waals surface area contributed by atoms with Crippen molar-refractivity contribution in [2.45, 2.75) is 76.5 Å². The number of anilines is 1. The third kappa shape index (κ3) is 6.79. The maximum Gasteiger partial charge on any atom is 0.408 e. The first-order chi connectivity index (χ1) is 22.8. The number of phenols is 1. The SMILES string of the molecule is Cc1ccc(O)c(-c2nn(C)cc2-c2ccc(NC(=O)C3CCCCN3C(=O)[C@]3(NC(=O)OC(C)(C)C)C[C@@H]3c3ccccc3)cc2)c1. The molecule has 4 aromatic rings. The number of aryl methyl sites for hydroxylation is 2. The summed E-state index contributed by atoms with van der Waals surface area (Å²) in [6, 6.07) is 21.9. The first kappa shape index (κ1) is 32.8. The van der Waals surface area contributed by atoms with Gasteiger partial charge in [0.25, 0.3) is 0 Å². The predicted molar refractivity (Wildman–Crippen MR) is 184 cm³/mol. The first-order valence-corrected chi connectivity index (χ1v) is 16.5. The summed E-state index contributed by atoms with van der Waals surface area (Å²) in [5.41, 5.74) is 3.68. The highest BCUT2D eigenvalue weighted by Crippen LogP contribution is 2.53. The lowest BCUT2D eigenvalue weighted by molar-refractivity contribution is -0.143. The molecule has 10 nitrogen and oxygen atoms in total. The van der Waals surface area contributed by atoms with E-state index in [1.165, 1.54) is 0 Å². The molecule has 1 aromatic heterocycles. The van der Waals surface area contributed by atoms with Crippen molar-refractivity contribution in [3.8, 4) is 28.1 Å². The molecule has 1 unspecified atom stereocenters. The summed E-state index contributed by atoms with van der Waals surface area (Å²) in [6.45, 7) is 7.73. The van der Waals surface area contributed by atoms with Gasteiger partial charge in [-0.15, -0.1) is 0 Å². The standard InChI is InChI=1S/C38H43N5O5/c1-24-14-19-32(44)28(21-24)33-29(23-42(5)41-33)25-15-17-27(18-16-25)39-34(45)31-13-9-10-20-43(31)35(46)38(40-36(47)48-37(2,3)4)22-30(38)26-11-7-6-8-12-26/h6-8,11-12,14-19,21,23,30-31,44H,9-10,13,20,22H2,1-5H3,(H,39,45)(H,40,47)/t30-,31?,38+/m1/s1. The molecule has 1 aliphatic heterocycles. The molecule has 1 saturated heterocycles. The Kier molecular flexibility index (Phi) is 8.76. The molecule has 0 radical (unpaired) electrons. The average Bonchev–Trinajstić information content (AvgIpc) is 3.65. The average molecular weight is 650 g/mol. The van der Waals surface area contributed by atoms with Gasteiger partial charge < -0.3 is 25.4 Å². The minimum Gasteiger partial charge on any atom is -0.507 e. The minimum atomic E-state index is -1.19. The monoisotopic (exact) mass is 649 g/mol. The molecule has 0 bridgehead atoms. The van der Waals surface area contributed by atoms with Crippen LogP contribution in [0, 0.1) is 6.92 Å². The van der Waals surface area contributed by atoms with Crippen LogP contribution in [-0.2, 0) is 21.4 Å². The maximum atomic E-state index is 14.4. The van der Waals surface area contributed by atoms with Crippen molar-refractivity contribution in [1.82, 2.24) is 20.0 Å². The molecule has 3 atom stereocenters. The van der Waals surface area contributed by atoms with Crippen molar-refractivity contribution in [2.24, 2.45) is 7.05 Å². The topological polar surface area (TPSA) is 126 Å². The number of amides is 3. The molecule has 3 N–H and O–H groups in total. The smallest absolute Gasteiger partial charge is 0.408 e. The fourth-order valence-electron chi connectivity index (χ4n) is 6.66. The quantitative estimate of drug-likeness (QED) is 0.209. The summed E-state index contributed by atoms with van der Waals surface area (Å²) in [6.07, 6.45) is 3.78. The molecule has 2 aliphatic rings.